The van der Waals surface area contributed by atoms with Gasteiger partial charge in [0.1, 0.15) is 5.69 Å². The van der Waals surface area contributed by atoms with Crippen LogP contribution in [0.1, 0.15) is 59.8 Å². The number of carbonyl (C=O) groups is 2. The molecule has 15 heteroatoms. The molecule has 3 heterocycles. The largest absolute Gasteiger partial charge is 0.435 e. The molecule has 0 radical (unpaired) electrons. The molecule has 0 bridgehead atoms. The van der Waals surface area contributed by atoms with Crippen LogP contribution in [0.4, 0.5) is 18.9 Å². The number of benzene rings is 1. The van der Waals surface area contributed by atoms with Gasteiger partial charge in [0.25, 0.3) is 11.8 Å². The summed E-state index contributed by atoms with van der Waals surface area (Å²) in [7, 11) is -3.57. The summed E-state index contributed by atoms with van der Waals surface area (Å²) in [5.41, 5.74) is -1.75. The third-order valence-corrected chi connectivity index (χ3v) is 10.8. The normalized spacial score (nSPS) is 17.6. The Bertz CT molecular complexity index is 1630. The number of amides is 2. The van der Waals surface area contributed by atoms with E-state index in [0.29, 0.717) is 16.3 Å². The molecule has 1 aliphatic heterocycles. The maximum absolute atomic E-state index is 13.5. The summed E-state index contributed by atoms with van der Waals surface area (Å²) in [4.78, 5) is 30.8. The van der Waals surface area contributed by atoms with Crippen LogP contribution in [0.15, 0.2) is 36.5 Å². The predicted octanol–water partition coefficient (Wildman–Crippen LogP) is 5.24. The lowest BCUT2D eigenvalue weighted by atomic mass is 9.88. The highest BCUT2D eigenvalue weighted by Crippen LogP contribution is 2.48. The van der Waals surface area contributed by atoms with Crippen LogP contribution in [0.25, 0.3) is 5.82 Å². The molecule has 1 fully saturated rings. The highest BCUT2D eigenvalue weighted by atomic mass is 35.5. The average molecular weight is 618 g/mol. The first kappa shape index (κ1) is 29.8. The maximum Gasteiger partial charge on any atom is 0.435 e. The third-order valence-electron chi connectivity index (χ3n) is 7.01. The van der Waals surface area contributed by atoms with Crippen molar-refractivity contribution in [3.63, 3.8) is 0 Å². The SMILES string of the molecule is Cc1cc(Cl)cc(C(=O)NC2C(C)(C)S(=O)(=O)C2(C)C)c1NC(=O)c1cc(C(F)(F)F)nn1-c1ncccc1Cl. The molecule has 1 saturated heterocycles. The maximum atomic E-state index is 13.5. The van der Waals surface area contributed by atoms with Crippen LogP contribution in [-0.4, -0.2) is 50.5 Å². The molecule has 2 N–H and O–H groups in total. The molecule has 9 nitrogen and oxygen atoms in total. The molecule has 2 amide bonds. The van der Waals surface area contributed by atoms with Crippen molar-refractivity contribution in [3.8, 4) is 5.82 Å². The Kier molecular flexibility index (Phi) is 7.26. The number of rotatable bonds is 5. The summed E-state index contributed by atoms with van der Waals surface area (Å²) in [5.74, 6) is -2.00. The summed E-state index contributed by atoms with van der Waals surface area (Å²) < 4.78 is 64.1. The van der Waals surface area contributed by atoms with E-state index >= 15 is 0 Å². The Morgan fingerprint density at radius 1 is 1.05 bits per heavy atom. The summed E-state index contributed by atoms with van der Waals surface area (Å²) in [6.07, 6.45) is -3.61. The molecule has 0 atom stereocenters. The van der Waals surface area contributed by atoms with Gasteiger partial charge in [-0.3, -0.25) is 9.59 Å². The van der Waals surface area contributed by atoms with Crippen LogP contribution in [0.5, 0.6) is 0 Å². The molecule has 0 spiro atoms. The molecule has 4 rings (SSSR count). The fourth-order valence-electron chi connectivity index (χ4n) is 4.97. The standard InChI is InChI=1S/C25H24Cl2F3N5O4S/c1-12-9-13(26)10-14(20(36)33-22-23(2,3)40(38,39)24(22,4)5)18(12)32-21(37)16-11-17(25(28,29)30)34-35(16)19-15(27)7-6-8-31-19/h6-11,22H,1-5H3,(H,32,37)(H,33,36). The van der Waals surface area contributed by atoms with E-state index in [0.717, 1.165) is 0 Å². The monoisotopic (exact) mass is 617 g/mol. The molecule has 3 aromatic rings. The highest BCUT2D eigenvalue weighted by Gasteiger charge is 2.67. The number of nitrogens with zero attached hydrogens (tertiary/aromatic N) is 3. The second-order valence-corrected chi connectivity index (χ2v) is 14.3. The number of aryl methyl sites for hydroxylation is 1. The smallest absolute Gasteiger partial charge is 0.346 e. The van der Waals surface area contributed by atoms with Crippen LogP contribution in [0.2, 0.25) is 10.0 Å². The van der Waals surface area contributed by atoms with Gasteiger partial charge in [-0.05, 0) is 64.4 Å². The number of sulfone groups is 1. The fraction of sp³-hybridized carbons (Fsp3) is 0.360. The molecule has 1 aliphatic rings. The van der Waals surface area contributed by atoms with Gasteiger partial charge in [-0.25, -0.2) is 18.1 Å². The van der Waals surface area contributed by atoms with E-state index in [-0.39, 0.29) is 27.1 Å². The topological polar surface area (TPSA) is 123 Å². The molecule has 1 aromatic carbocycles. The Labute approximate surface area is 238 Å². The van der Waals surface area contributed by atoms with Crippen molar-refractivity contribution in [1.82, 2.24) is 20.1 Å². The van der Waals surface area contributed by atoms with Crippen LogP contribution in [-0.2, 0) is 16.0 Å². The van der Waals surface area contributed by atoms with E-state index in [9.17, 15) is 31.2 Å². The molecule has 40 heavy (non-hydrogen) atoms. The lowest BCUT2D eigenvalue weighted by Crippen LogP contribution is -2.77. The molecule has 214 valence electrons. The minimum absolute atomic E-state index is 0.0434. The molecule has 0 unspecified atom stereocenters. The van der Waals surface area contributed by atoms with Crippen LogP contribution >= 0.6 is 23.2 Å². The van der Waals surface area contributed by atoms with E-state index in [1.54, 1.807) is 0 Å². The van der Waals surface area contributed by atoms with Crippen LogP contribution in [0, 0.1) is 6.92 Å². The number of nitrogens with one attached hydrogen (secondary N) is 2. The predicted molar refractivity (Wildman–Crippen MR) is 144 cm³/mol. The van der Waals surface area contributed by atoms with Gasteiger partial charge in [-0.15, -0.1) is 0 Å². The summed E-state index contributed by atoms with van der Waals surface area (Å²) in [6.45, 7) is 7.51. The van der Waals surface area contributed by atoms with Crippen molar-refractivity contribution in [2.75, 3.05) is 5.32 Å². The van der Waals surface area contributed by atoms with E-state index in [2.05, 4.69) is 20.7 Å². The number of hydrogen-bond donors (Lipinski definition) is 2. The number of anilines is 1. The van der Waals surface area contributed by atoms with Gasteiger partial charge in [0.2, 0.25) is 0 Å². The first-order valence-electron chi connectivity index (χ1n) is 11.8. The second kappa shape index (κ2) is 9.74. The molecular weight excluding hydrogens is 594 g/mol. The number of aromatic nitrogens is 3. The van der Waals surface area contributed by atoms with Gasteiger partial charge in [-0.1, -0.05) is 23.2 Å². The summed E-state index contributed by atoms with van der Waals surface area (Å²) in [5, 5.41) is 8.80. The fourth-order valence-corrected chi connectivity index (χ4v) is 7.94. The Balaban J connectivity index is 1.74. The number of halogens is 5. The molecule has 0 saturated carbocycles. The number of pyridine rings is 1. The first-order valence-corrected chi connectivity index (χ1v) is 14.0. The number of carbonyl (C=O) groups excluding carboxylic acids is 2. The summed E-state index contributed by atoms with van der Waals surface area (Å²) in [6, 6.07) is 5.29. The van der Waals surface area contributed by atoms with Gasteiger partial charge in [-0.2, -0.15) is 18.3 Å². The van der Waals surface area contributed by atoms with Gasteiger partial charge in [0, 0.05) is 17.3 Å². The average Bonchev–Trinajstić information content (AvgIpc) is 3.29. The van der Waals surface area contributed by atoms with Gasteiger partial charge < -0.3 is 10.6 Å². The van der Waals surface area contributed by atoms with Gasteiger partial charge in [0.15, 0.2) is 21.3 Å². The van der Waals surface area contributed by atoms with E-state index < -0.39 is 54.8 Å². The second-order valence-electron chi connectivity index (χ2n) is 10.3. The van der Waals surface area contributed by atoms with Crippen molar-refractivity contribution >= 4 is 50.5 Å². The van der Waals surface area contributed by atoms with Gasteiger partial charge in [0.05, 0.1) is 31.8 Å². The Morgan fingerprint density at radius 3 is 2.25 bits per heavy atom. The van der Waals surface area contributed by atoms with Crippen molar-refractivity contribution in [3.05, 3.63) is 69.1 Å². The first-order chi connectivity index (χ1) is 18.3. The van der Waals surface area contributed by atoms with Gasteiger partial charge >= 0.3 is 6.18 Å². The zero-order chi connectivity index (χ0) is 30.0. The zero-order valence-electron chi connectivity index (χ0n) is 21.8. The van der Waals surface area contributed by atoms with Crippen molar-refractivity contribution in [1.29, 1.82) is 0 Å². The molecule has 2 aromatic heterocycles. The van der Waals surface area contributed by atoms with Crippen LogP contribution < -0.4 is 10.6 Å². The summed E-state index contributed by atoms with van der Waals surface area (Å²) >= 11 is 12.3. The lowest BCUT2D eigenvalue weighted by Gasteiger charge is -2.56. The van der Waals surface area contributed by atoms with E-state index in [1.165, 1.54) is 65.1 Å². The van der Waals surface area contributed by atoms with Crippen molar-refractivity contribution in [2.24, 2.45) is 0 Å². The Hall–Kier alpha value is -3.16. The highest BCUT2D eigenvalue weighted by molar-refractivity contribution is 7.95. The number of alkyl halides is 3. The van der Waals surface area contributed by atoms with Crippen LogP contribution in [0.3, 0.4) is 0 Å². The van der Waals surface area contributed by atoms with Crippen molar-refractivity contribution in [2.45, 2.75) is 56.3 Å². The molecule has 0 aliphatic carbocycles. The minimum atomic E-state index is -4.88. The molecular formula is C25H24Cl2F3N5O4S. The Morgan fingerprint density at radius 2 is 1.68 bits per heavy atom. The van der Waals surface area contributed by atoms with Crippen molar-refractivity contribution < 1.29 is 31.2 Å². The third kappa shape index (κ3) is 4.73. The van der Waals surface area contributed by atoms with E-state index in [1.807, 2.05) is 0 Å². The zero-order valence-corrected chi connectivity index (χ0v) is 24.1. The number of hydrogen-bond acceptors (Lipinski definition) is 6. The quantitative estimate of drug-likeness (QED) is 0.404. The minimum Gasteiger partial charge on any atom is -0.346 e. The van der Waals surface area contributed by atoms with E-state index in [4.69, 9.17) is 23.2 Å². The lowest BCUT2D eigenvalue weighted by molar-refractivity contribution is -0.141.